The van der Waals surface area contributed by atoms with Gasteiger partial charge in [-0.1, -0.05) is 135 Å². The van der Waals surface area contributed by atoms with Crippen molar-refractivity contribution in [3.8, 4) is 0 Å². The lowest BCUT2D eigenvalue weighted by molar-refractivity contribution is -0.148. The van der Waals surface area contributed by atoms with E-state index in [1.165, 1.54) is 116 Å². The van der Waals surface area contributed by atoms with Crippen molar-refractivity contribution in [3.05, 3.63) is 12.2 Å². The number of hydrogen-bond donors (Lipinski definition) is 2. The zero-order chi connectivity index (χ0) is 23.7. The van der Waals surface area contributed by atoms with Gasteiger partial charge >= 0.3 is 11.9 Å². The number of aliphatic carboxylic acids is 2. The van der Waals surface area contributed by atoms with Crippen LogP contribution >= 0.6 is 0 Å². The Bertz CT molecular complexity index is 458. The van der Waals surface area contributed by atoms with Gasteiger partial charge < -0.3 is 10.2 Å². The topological polar surface area (TPSA) is 74.6 Å². The molecule has 0 saturated heterocycles. The van der Waals surface area contributed by atoms with Crippen LogP contribution in [-0.4, -0.2) is 22.2 Å². The number of rotatable bonds is 25. The van der Waals surface area contributed by atoms with E-state index >= 15 is 0 Å². The number of hydrogen-bond acceptors (Lipinski definition) is 2. The molecule has 4 heteroatoms. The second-order valence-electron chi connectivity index (χ2n) is 9.49. The summed E-state index contributed by atoms with van der Waals surface area (Å²) in [5, 5.41) is 17.7. The molecule has 0 aromatic rings. The van der Waals surface area contributed by atoms with E-state index in [0.29, 0.717) is 6.42 Å². The van der Waals surface area contributed by atoms with Crippen LogP contribution in [0.15, 0.2) is 12.2 Å². The van der Waals surface area contributed by atoms with Gasteiger partial charge in [0.1, 0.15) is 0 Å². The molecule has 0 aliphatic heterocycles. The summed E-state index contributed by atoms with van der Waals surface area (Å²) < 4.78 is 0. The van der Waals surface area contributed by atoms with Gasteiger partial charge in [-0.15, -0.1) is 0 Å². The third kappa shape index (κ3) is 23.3. The highest BCUT2D eigenvalue weighted by Crippen LogP contribution is 2.15. The zero-order valence-electron chi connectivity index (χ0n) is 21.0. The Balaban J connectivity index is 3.26. The van der Waals surface area contributed by atoms with E-state index in [1.807, 2.05) is 12.2 Å². The molecule has 4 nitrogen and oxygen atoms in total. The fourth-order valence-corrected chi connectivity index (χ4v) is 4.20. The van der Waals surface area contributed by atoms with Crippen LogP contribution in [0, 0.1) is 5.92 Å². The number of carboxylic acids is 2. The van der Waals surface area contributed by atoms with Gasteiger partial charge in [0.2, 0.25) is 0 Å². The van der Waals surface area contributed by atoms with Gasteiger partial charge in [-0.05, 0) is 19.3 Å². The lowest BCUT2D eigenvalue weighted by atomic mass is 10.0. The summed E-state index contributed by atoms with van der Waals surface area (Å²) in [7, 11) is 0. The van der Waals surface area contributed by atoms with Crippen molar-refractivity contribution in [2.24, 2.45) is 5.92 Å². The molecule has 0 rings (SSSR count). The van der Waals surface area contributed by atoms with Gasteiger partial charge in [0.05, 0.1) is 12.3 Å². The first-order chi connectivity index (χ1) is 15.6. The molecule has 0 aliphatic rings. The van der Waals surface area contributed by atoms with Crippen molar-refractivity contribution in [2.75, 3.05) is 0 Å². The van der Waals surface area contributed by atoms with E-state index in [-0.39, 0.29) is 6.42 Å². The third-order valence-corrected chi connectivity index (χ3v) is 6.33. The van der Waals surface area contributed by atoms with Gasteiger partial charge in [-0.2, -0.15) is 0 Å². The predicted molar refractivity (Wildman–Crippen MR) is 135 cm³/mol. The molecule has 0 saturated carbocycles. The smallest absolute Gasteiger partial charge is 0.307 e. The van der Waals surface area contributed by atoms with Crippen molar-refractivity contribution in [1.29, 1.82) is 0 Å². The largest absolute Gasteiger partial charge is 0.481 e. The molecule has 0 aromatic carbocycles. The highest BCUT2D eigenvalue weighted by atomic mass is 16.4. The average molecular weight is 453 g/mol. The molecule has 188 valence electrons. The number of carboxylic acid groups (broad SMARTS) is 2. The summed E-state index contributed by atoms with van der Waals surface area (Å²) in [5.74, 6) is -2.89. The standard InChI is InChI=1S/C28H52O4/c1-2-3-4-5-6-7-8-9-10-11-12-13-14-15-16-17-18-19-20-21-22-23-24-26(28(31)32)25-27(29)30/h22-23,26H,2-21,24-25H2,1H3,(H,29,30)(H,31,32). The summed E-state index contributed by atoms with van der Waals surface area (Å²) in [6.45, 7) is 2.28. The fourth-order valence-electron chi connectivity index (χ4n) is 4.20. The predicted octanol–water partition coefficient (Wildman–Crippen LogP) is 8.93. The second kappa shape index (κ2) is 24.3. The number of allylic oxidation sites excluding steroid dienone is 2. The molecule has 1 atom stereocenters. The van der Waals surface area contributed by atoms with Crippen LogP contribution in [0.25, 0.3) is 0 Å². The Kier molecular flexibility index (Phi) is 23.3. The zero-order valence-corrected chi connectivity index (χ0v) is 21.0. The Morgan fingerprint density at radius 2 is 0.969 bits per heavy atom. The molecular formula is C28H52O4. The quantitative estimate of drug-likeness (QED) is 0.107. The van der Waals surface area contributed by atoms with Crippen LogP contribution in [0.3, 0.4) is 0 Å². The van der Waals surface area contributed by atoms with E-state index in [1.54, 1.807) is 0 Å². The van der Waals surface area contributed by atoms with Crippen LogP contribution in [0.2, 0.25) is 0 Å². The van der Waals surface area contributed by atoms with Crippen LogP contribution in [0.4, 0.5) is 0 Å². The highest BCUT2D eigenvalue weighted by molar-refractivity contribution is 5.77. The summed E-state index contributed by atoms with van der Waals surface area (Å²) in [5.41, 5.74) is 0. The number of carbonyl (C=O) groups is 2. The summed E-state index contributed by atoms with van der Waals surface area (Å²) >= 11 is 0. The van der Waals surface area contributed by atoms with E-state index in [0.717, 1.165) is 12.8 Å². The monoisotopic (exact) mass is 452 g/mol. The Morgan fingerprint density at radius 3 is 1.31 bits per heavy atom. The molecule has 0 heterocycles. The Hall–Kier alpha value is -1.32. The van der Waals surface area contributed by atoms with Gasteiger partial charge in [-0.3, -0.25) is 9.59 Å². The van der Waals surface area contributed by atoms with Gasteiger partial charge in [0.25, 0.3) is 0 Å². The first kappa shape index (κ1) is 30.7. The maximum Gasteiger partial charge on any atom is 0.307 e. The molecule has 0 fully saturated rings. The second-order valence-corrected chi connectivity index (χ2v) is 9.49. The van der Waals surface area contributed by atoms with Gasteiger partial charge in [0, 0.05) is 0 Å². The van der Waals surface area contributed by atoms with Crippen molar-refractivity contribution < 1.29 is 19.8 Å². The van der Waals surface area contributed by atoms with E-state index < -0.39 is 17.9 Å². The van der Waals surface area contributed by atoms with Crippen LogP contribution in [0.5, 0.6) is 0 Å². The van der Waals surface area contributed by atoms with E-state index in [2.05, 4.69) is 6.92 Å². The van der Waals surface area contributed by atoms with Crippen LogP contribution in [0.1, 0.15) is 148 Å². The first-order valence-corrected chi connectivity index (χ1v) is 13.7. The first-order valence-electron chi connectivity index (χ1n) is 13.7. The minimum absolute atomic E-state index is 0.306. The molecule has 0 aromatic heterocycles. The summed E-state index contributed by atoms with van der Waals surface area (Å²) in [4.78, 5) is 21.6. The minimum Gasteiger partial charge on any atom is -0.481 e. The molecule has 0 amide bonds. The lowest BCUT2D eigenvalue weighted by Gasteiger charge is -2.05. The summed E-state index contributed by atoms with van der Waals surface area (Å²) in [6, 6.07) is 0. The molecule has 0 radical (unpaired) electrons. The molecule has 2 N–H and O–H groups in total. The molecular weight excluding hydrogens is 400 g/mol. The number of unbranched alkanes of at least 4 members (excludes halogenated alkanes) is 19. The van der Waals surface area contributed by atoms with Gasteiger partial charge in [-0.25, -0.2) is 0 Å². The maximum atomic E-state index is 11.0. The Labute approximate surface area is 198 Å². The van der Waals surface area contributed by atoms with Gasteiger partial charge in [0.15, 0.2) is 0 Å². The van der Waals surface area contributed by atoms with E-state index in [4.69, 9.17) is 10.2 Å². The minimum atomic E-state index is -1.05. The van der Waals surface area contributed by atoms with E-state index in [9.17, 15) is 9.59 Å². The summed E-state index contributed by atoms with van der Waals surface area (Å²) in [6.07, 6.45) is 30.9. The van der Waals surface area contributed by atoms with Crippen molar-refractivity contribution in [2.45, 2.75) is 148 Å². The van der Waals surface area contributed by atoms with Crippen molar-refractivity contribution in [1.82, 2.24) is 0 Å². The third-order valence-electron chi connectivity index (χ3n) is 6.33. The average Bonchev–Trinajstić information content (AvgIpc) is 2.76. The van der Waals surface area contributed by atoms with Crippen molar-refractivity contribution >= 4 is 11.9 Å². The SMILES string of the molecule is CCCCCCCCCCCCCCCCCCCCCC=CCC(CC(=O)O)C(=O)O. The normalized spacial score (nSPS) is 12.4. The molecule has 1 unspecified atom stereocenters. The van der Waals surface area contributed by atoms with Crippen LogP contribution < -0.4 is 0 Å². The fraction of sp³-hybridized carbons (Fsp3) is 0.857. The molecule has 0 aliphatic carbocycles. The molecule has 0 bridgehead atoms. The highest BCUT2D eigenvalue weighted by Gasteiger charge is 2.19. The molecule has 0 spiro atoms. The van der Waals surface area contributed by atoms with Crippen molar-refractivity contribution in [3.63, 3.8) is 0 Å². The molecule has 32 heavy (non-hydrogen) atoms. The van der Waals surface area contributed by atoms with Crippen LogP contribution in [-0.2, 0) is 9.59 Å². The lowest BCUT2D eigenvalue weighted by Crippen LogP contribution is -2.16. The Morgan fingerprint density at radius 1 is 0.594 bits per heavy atom. The maximum absolute atomic E-state index is 11.0.